The van der Waals surface area contributed by atoms with Crippen LogP contribution in [0.1, 0.15) is 10.4 Å². The molecule has 1 heterocycles. The molecule has 2 aromatic carbocycles. The largest absolute Gasteiger partial charge is 0.321 e. The van der Waals surface area contributed by atoms with Crippen LogP contribution in [0, 0.1) is 0 Å². The van der Waals surface area contributed by atoms with Gasteiger partial charge in [-0.15, -0.1) is 12.6 Å². The molecule has 0 unspecified atom stereocenters. The third-order valence-corrected chi connectivity index (χ3v) is 3.96. The van der Waals surface area contributed by atoms with E-state index in [0.29, 0.717) is 10.5 Å². The molecule has 104 valence electrons. The summed E-state index contributed by atoms with van der Waals surface area (Å²) in [4.78, 5) is 17.3. The van der Waals surface area contributed by atoms with E-state index in [1.165, 1.54) is 0 Å². The number of anilines is 1. The molecule has 0 atom stereocenters. The Morgan fingerprint density at radius 2 is 2.00 bits per heavy atom. The average Bonchev–Trinajstić information content (AvgIpc) is 2.47. The van der Waals surface area contributed by atoms with Gasteiger partial charge in [-0.1, -0.05) is 22.0 Å². The summed E-state index contributed by atoms with van der Waals surface area (Å²) in [5.74, 6) is -0.191. The lowest BCUT2D eigenvalue weighted by Gasteiger charge is -2.10. The monoisotopic (exact) mass is 358 g/mol. The number of rotatable bonds is 2. The van der Waals surface area contributed by atoms with Crippen LogP contribution in [0.25, 0.3) is 10.9 Å². The predicted molar refractivity (Wildman–Crippen MR) is 91.1 cm³/mol. The van der Waals surface area contributed by atoms with Crippen molar-refractivity contribution in [3.63, 3.8) is 0 Å². The van der Waals surface area contributed by atoms with Crippen LogP contribution in [0.3, 0.4) is 0 Å². The van der Waals surface area contributed by atoms with Gasteiger partial charge in [0.1, 0.15) is 0 Å². The lowest BCUT2D eigenvalue weighted by atomic mass is 10.1. The molecular formula is C16H11BrN2OS. The number of amides is 1. The first-order chi connectivity index (χ1) is 10.1. The summed E-state index contributed by atoms with van der Waals surface area (Å²) in [6.45, 7) is 0. The van der Waals surface area contributed by atoms with Crippen LogP contribution >= 0.6 is 28.6 Å². The van der Waals surface area contributed by atoms with Crippen molar-refractivity contribution in [1.82, 2.24) is 4.98 Å². The van der Waals surface area contributed by atoms with E-state index in [9.17, 15) is 4.79 Å². The fourth-order valence-corrected chi connectivity index (χ4v) is 2.95. The van der Waals surface area contributed by atoms with Gasteiger partial charge < -0.3 is 5.32 Å². The number of nitrogens with one attached hydrogen (secondary N) is 1. The molecule has 0 spiro atoms. The number of fused-ring (bicyclic) bond motifs is 1. The van der Waals surface area contributed by atoms with Crippen molar-refractivity contribution in [3.8, 4) is 0 Å². The van der Waals surface area contributed by atoms with Crippen LogP contribution in [-0.2, 0) is 0 Å². The molecule has 1 N–H and O–H groups in total. The van der Waals surface area contributed by atoms with E-state index < -0.39 is 0 Å². The number of halogens is 1. The number of carbonyl (C=O) groups is 1. The van der Waals surface area contributed by atoms with Crippen LogP contribution in [-0.4, -0.2) is 10.9 Å². The van der Waals surface area contributed by atoms with Crippen LogP contribution in [0.4, 0.5) is 5.69 Å². The van der Waals surface area contributed by atoms with Gasteiger partial charge >= 0.3 is 0 Å². The zero-order chi connectivity index (χ0) is 14.8. The Bertz CT molecular complexity index is 830. The van der Waals surface area contributed by atoms with Crippen LogP contribution in [0.15, 0.2) is 64.1 Å². The Balaban J connectivity index is 1.97. The smallest absolute Gasteiger partial charge is 0.256 e. The molecule has 1 amide bonds. The van der Waals surface area contributed by atoms with Crippen LogP contribution in [0.5, 0.6) is 0 Å². The van der Waals surface area contributed by atoms with Crippen molar-refractivity contribution in [2.45, 2.75) is 4.90 Å². The van der Waals surface area contributed by atoms with E-state index in [1.807, 2.05) is 36.4 Å². The molecule has 0 aliphatic heterocycles. The first-order valence-electron chi connectivity index (χ1n) is 6.29. The maximum atomic E-state index is 12.4. The van der Waals surface area contributed by atoms with Gasteiger partial charge in [0.15, 0.2) is 0 Å². The summed E-state index contributed by atoms with van der Waals surface area (Å²) < 4.78 is 0.887. The van der Waals surface area contributed by atoms with Gasteiger partial charge in [0.05, 0.1) is 16.8 Å². The van der Waals surface area contributed by atoms with E-state index in [4.69, 9.17) is 0 Å². The molecule has 0 saturated heterocycles. The minimum absolute atomic E-state index is 0.191. The second kappa shape index (κ2) is 5.87. The molecule has 3 nitrogen and oxygen atoms in total. The van der Waals surface area contributed by atoms with E-state index in [0.717, 1.165) is 21.1 Å². The minimum atomic E-state index is -0.191. The van der Waals surface area contributed by atoms with Gasteiger partial charge in [-0.25, -0.2) is 0 Å². The molecule has 0 aliphatic rings. The fraction of sp³-hybridized carbons (Fsp3) is 0. The van der Waals surface area contributed by atoms with Gasteiger partial charge in [0, 0.05) is 21.0 Å². The quantitative estimate of drug-likeness (QED) is 0.660. The number of benzene rings is 2. The standard InChI is InChI=1S/C16H11BrN2OS/c17-10-6-7-12(15(21)9-10)16(20)19-14-5-1-4-13-11(14)3-2-8-18-13/h1-9,21H,(H,19,20). The van der Waals surface area contributed by atoms with Crippen molar-refractivity contribution in [3.05, 3.63) is 64.8 Å². The summed E-state index contributed by atoms with van der Waals surface area (Å²) in [5.41, 5.74) is 2.11. The minimum Gasteiger partial charge on any atom is -0.321 e. The average molecular weight is 359 g/mol. The van der Waals surface area contributed by atoms with E-state index in [1.54, 1.807) is 18.3 Å². The zero-order valence-corrected chi connectivity index (χ0v) is 13.4. The molecule has 0 radical (unpaired) electrons. The fourth-order valence-electron chi connectivity index (χ4n) is 2.10. The topological polar surface area (TPSA) is 42.0 Å². The van der Waals surface area contributed by atoms with Gasteiger partial charge in [-0.05, 0) is 42.5 Å². The number of hydrogen-bond acceptors (Lipinski definition) is 3. The molecular weight excluding hydrogens is 348 g/mol. The highest BCUT2D eigenvalue weighted by Crippen LogP contribution is 2.24. The second-order valence-electron chi connectivity index (χ2n) is 4.49. The second-order valence-corrected chi connectivity index (χ2v) is 5.89. The van der Waals surface area contributed by atoms with Gasteiger partial charge in [0.25, 0.3) is 5.91 Å². The first-order valence-corrected chi connectivity index (χ1v) is 7.53. The molecule has 21 heavy (non-hydrogen) atoms. The predicted octanol–water partition coefficient (Wildman–Crippen LogP) is 4.54. The van der Waals surface area contributed by atoms with Crippen molar-refractivity contribution in [1.29, 1.82) is 0 Å². The molecule has 0 aliphatic carbocycles. The van der Waals surface area contributed by atoms with Crippen molar-refractivity contribution in [2.75, 3.05) is 5.32 Å². The number of aromatic nitrogens is 1. The summed E-state index contributed by atoms with van der Waals surface area (Å²) in [5, 5.41) is 3.83. The number of pyridine rings is 1. The van der Waals surface area contributed by atoms with E-state index in [2.05, 4.69) is 38.9 Å². The summed E-state index contributed by atoms with van der Waals surface area (Å²) in [7, 11) is 0. The maximum Gasteiger partial charge on any atom is 0.256 e. The Labute approximate surface area is 135 Å². The van der Waals surface area contributed by atoms with E-state index in [-0.39, 0.29) is 5.91 Å². The molecule has 1 aromatic heterocycles. The summed E-state index contributed by atoms with van der Waals surface area (Å²) in [6.07, 6.45) is 1.73. The van der Waals surface area contributed by atoms with Crippen LogP contribution in [0.2, 0.25) is 0 Å². The Morgan fingerprint density at radius 3 is 2.81 bits per heavy atom. The molecule has 0 bridgehead atoms. The number of nitrogens with zero attached hydrogens (tertiary/aromatic N) is 1. The highest BCUT2D eigenvalue weighted by atomic mass is 79.9. The SMILES string of the molecule is O=C(Nc1cccc2ncccc12)c1ccc(Br)cc1S. The molecule has 0 saturated carbocycles. The third kappa shape index (κ3) is 2.94. The maximum absolute atomic E-state index is 12.4. The van der Waals surface area contributed by atoms with Gasteiger partial charge in [-0.3, -0.25) is 9.78 Å². The highest BCUT2D eigenvalue weighted by Gasteiger charge is 2.11. The summed E-state index contributed by atoms with van der Waals surface area (Å²) in [6, 6.07) is 14.8. The molecule has 5 heteroatoms. The number of hydrogen-bond donors (Lipinski definition) is 2. The Kier molecular flexibility index (Phi) is 3.94. The number of carbonyl (C=O) groups excluding carboxylic acids is 1. The molecule has 0 fully saturated rings. The normalized spacial score (nSPS) is 10.6. The number of thiol groups is 1. The Morgan fingerprint density at radius 1 is 1.14 bits per heavy atom. The first kappa shape index (κ1) is 14.1. The third-order valence-electron chi connectivity index (χ3n) is 3.10. The molecule has 3 aromatic rings. The zero-order valence-electron chi connectivity index (χ0n) is 10.9. The highest BCUT2D eigenvalue weighted by molar-refractivity contribution is 9.10. The van der Waals surface area contributed by atoms with Crippen molar-refractivity contribution in [2.24, 2.45) is 0 Å². The van der Waals surface area contributed by atoms with E-state index >= 15 is 0 Å². The van der Waals surface area contributed by atoms with Crippen LogP contribution < -0.4 is 5.32 Å². The van der Waals surface area contributed by atoms with Crippen molar-refractivity contribution < 1.29 is 4.79 Å². The Hall–Kier alpha value is -1.85. The lowest BCUT2D eigenvalue weighted by Crippen LogP contribution is -2.13. The summed E-state index contributed by atoms with van der Waals surface area (Å²) >= 11 is 7.70. The van der Waals surface area contributed by atoms with Gasteiger partial charge in [-0.2, -0.15) is 0 Å². The molecule has 3 rings (SSSR count). The van der Waals surface area contributed by atoms with Crippen molar-refractivity contribution >= 4 is 51.1 Å². The van der Waals surface area contributed by atoms with Gasteiger partial charge in [0.2, 0.25) is 0 Å². The lowest BCUT2D eigenvalue weighted by molar-refractivity contribution is 0.102.